The molecule has 3 aliphatic heterocycles. The number of nitrogens with zero attached hydrogens (tertiary/aromatic N) is 4. The number of oxazole rings is 1. The number of hydrogen-bond acceptors (Lipinski definition) is 10. The third kappa shape index (κ3) is 8.25. The molecular weight excluding hydrogens is 572 g/mol. The van der Waals surface area contributed by atoms with Crippen LogP contribution in [-0.2, 0) is 29.1 Å². The highest BCUT2D eigenvalue weighted by Gasteiger charge is 2.42. The molecule has 3 unspecified atom stereocenters. The van der Waals surface area contributed by atoms with Crippen molar-refractivity contribution in [2.75, 3.05) is 52.5 Å². The van der Waals surface area contributed by atoms with Crippen LogP contribution in [0.3, 0.4) is 0 Å². The number of rotatable bonds is 13. The van der Waals surface area contributed by atoms with Crippen LogP contribution in [0.2, 0.25) is 0 Å². The zero-order valence-electron chi connectivity index (χ0n) is 27.1. The van der Waals surface area contributed by atoms with Crippen LogP contribution in [0, 0.1) is 12.8 Å². The zero-order chi connectivity index (χ0) is 31.2. The van der Waals surface area contributed by atoms with Crippen LogP contribution in [-0.4, -0.2) is 108 Å². The van der Waals surface area contributed by atoms with E-state index in [0.29, 0.717) is 19.2 Å². The molecule has 248 valence electrons. The minimum Gasteiger partial charge on any atom is -0.486 e. The topological polar surface area (TPSA) is 116 Å². The van der Waals surface area contributed by atoms with Crippen molar-refractivity contribution in [2.45, 2.75) is 96.4 Å². The van der Waals surface area contributed by atoms with Gasteiger partial charge in [0.2, 0.25) is 5.91 Å². The maximum atomic E-state index is 13.6. The lowest BCUT2D eigenvalue weighted by Gasteiger charge is -2.51. The van der Waals surface area contributed by atoms with Gasteiger partial charge < -0.3 is 24.3 Å². The second-order valence-corrected chi connectivity index (χ2v) is 13.3. The molecule has 2 saturated heterocycles. The maximum Gasteiger partial charge on any atom is 0.223 e. The lowest BCUT2D eigenvalue weighted by Crippen LogP contribution is -2.65. The zero-order valence-corrected chi connectivity index (χ0v) is 27.1. The number of aliphatic hydroxyl groups excluding tert-OH is 1. The van der Waals surface area contributed by atoms with Crippen LogP contribution in [0.15, 0.2) is 29.0 Å². The summed E-state index contributed by atoms with van der Waals surface area (Å²) in [6.07, 6.45) is 8.59. The predicted molar refractivity (Wildman–Crippen MR) is 170 cm³/mol. The Balaban J connectivity index is 0.999. The quantitative estimate of drug-likeness (QED) is 0.307. The summed E-state index contributed by atoms with van der Waals surface area (Å²) >= 11 is 0. The molecule has 0 radical (unpaired) electrons. The number of nitrogens with one attached hydrogen (secondary N) is 2. The van der Waals surface area contributed by atoms with Crippen LogP contribution in [0.1, 0.15) is 68.0 Å². The predicted octanol–water partition coefficient (Wildman–Crippen LogP) is 2.65. The van der Waals surface area contributed by atoms with Crippen LogP contribution in [0.5, 0.6) is 5.75 Å². The highest BCUT2D eigenvalue weighted by atomic mass is 16.5. The summed E-state index contributed by atoms with van der Waals surface area (Å²) in [7, 11) is 0. The Morgan fingerprint density at radius 2 is 2.02 bits per heavy atom. The number of fused-ring (bicyclic) bond motifs is 1. The van der Waals surface area contributed by atoms with Crippen LogP contribution in [0.25, 0.3) is 0 Å². The number of aliphatic hydroxyl groups is 1. The normalized spacial score (nSPS) is 25.8. The number of morpholine rings is 1. The fourth-order valence-electron chi connectivity index (χ4n) is 7.29. The number of amides is 1. The molecule has 6 rings (SSSR count). The number of ether oxygens (including phenoxy) is 2. The van der Waals surface area contributed by atoms with E-state index in [2.05, 4.69) is 49.4 Å². The summed E-state index contributed by atoms with van der Waals surface area (Å²) in [6.45, 7) is 11.3. The first-order valence-corrected chi connectivity index (χ1v) is 17.1. The first-order valence-electron chi connectivity index (χ1n) is 17.1. The fourth-order valence-corrected chi connectivity index (χ4v) is 7.29. The van der Waals surface area contributed by atoms with Crippen molar-refractivity contribution in [3.8, 4) is 5.75 Å². The molecule has 45 heavy (non-hydrogen) atoms. The van der Waals surface area contributed by atoms with Gasteiger partial charge in [-0.1, -0.05) is 19.4 Å². The van der Waals surface area contributed by atoms with E-state index < -0.39 is 6.10 Å². The summed E-state index contributed by atoms with van der Waals surface area (Å²) in [4.78, 5) is 25.1. The van der Waals surface area contributed by atoms with E-state index in [1.54, 1.807) is 0 Å². The lowest BCUT2D eigenvalue weighted by molar-refractivity contribution is -0.135. The molecule has 11 nitrogen and oxygen atoms in total. The van der Waals surface area contributed by atoms with Gasteiger partial charge in [-0.15, -0.1) is 0 Å². The first-order chi connectivity index (χ1) is 22.0. The van der Waals surface area contributed by atoms with E-state index in [0.717, 1.165) is 88.8 Å². The van der Waals surface area contributed by atoms with Crippen molar-refractivity contribution in [3.05, 3.63) is 47.2 Å². The summed E-state index contributed by atoms with van der Waals surface area (Å²) < 4.78 is 17.0. The number of aryl methyl sites for hydroxylation is 1. The smallest absolute Gasteiger partial charge is 0.223 e. The van der Waals surface area contributed by atoms with Gasteiger partial charge in [-0.3, -0.25) is 24.8 Å². The van der Waals surface area contributed by atoms with E-state index in [1.165, 1.54) is 36.8 Å². The van der Waals surface area contributed by atoms with Gasteiger partial charge in [0.25, 0.3) is 0 Å². The second kappa shape index (κ2) is 15.4. The van der Waals surface area contributed by atoms with Gasteiger partial charge in [0, 0.05) is 57.8 Å². The Morgan fingerprint density at radius 1 is 1.18 bits per heavy atom. The minimum absolute atomic E-state index is 0.0703. The summed E-state index contributed by atoms with van der Waals surface area (Å²) in [5, 5.41) is 18.0. The number of carbonyl (C=O) groups excluding carboxylic acids is 1. The summed E-state index contributed by atoms with van der Waals surface area (Å²) in [5.74, 6) is 1.55. The molecule has 1 aromatic heterocycles. The molecule has 3 fully saturated rings. The standard InChI is InChI=1S/C34H52N6O5/c1-3-10-40-32(37-28-5-4-6-28)17-27(18-33(40)39-12-14-43-15-13-39)34(42)35-19-29(41)21-38-11-9-25-16-30(8-7-26(25)20-38)44-22-31-24(2)36-23-45-31/h7-8,16,23,27-29,32-33,37,41H,3-6,9-15,17-22H2,1-2H3,(H,35,42)/t27?,29-,32?,33?/m0/s1. The van der Waals surface area contributed by atoms with Gasteiger partial charge in [0.15, 0.2) is 12.2 Å². The molecule has 11 heteroatoms. The second-order valence-electron chi connectivity index (χ2n) is 13.3. The highest BCUT2D eigenvalue weighted by molar-refractivity contribution is 5.78. The molecule has 3 N–H and O–H groups in total. The van der Waals surface area contributed by atoms with Gasteiger partial charge in [-0.05, 0) is 68.7 Å². The van der Waals surface area contributed by atoms with Gasteiger partial charge >= 0.3 is 0 Å². The van der Waals surface area contributed by atoms with Gasteiger partial charge in [-0.2, -0.15) is 0 Å². The van der Waals surface area contributed by atoms with Crippen molar-refractivity contribution in [1.82, 2.24) is 30.3 Å². The van der Waals surface area contributed by atoms with Crippen molar-refractivity contribution < 1.29 is 23.8 Å². The van der Waals surface area contributed by atoms with Crippen molar-refractivity contribution in [3.63, 3.8) is 0 Å². The number of aromatic nitrogens is 1. The van der Waals surface area contributed by atoms with Crippen LogP contribution >= 0.6 is 0 Å². The third-order valence-corrected chi connectivity index (χ3v) is 10.1. The monoisotopic (exact) mass is 624 g/mol. The number of benzene rings is 1. The molecule has 1 aliphatic carbocycles. The number of carbonyl (C=O) groups is 1. The molecule has 4 aliphatic rings. The molecule has 4 heterocycles. The number of hydrogen-bond donors (Lipinski definition) is 3. The fraction of sp³-hybridized carbons (Fsp3) is 0.706. The van der Waals surface area contributed by atoms with E-state index in [4.69, 9.17) is 13.9 Å². The molecule has 2 aromatic rings. The van der Waals surface area contributed by atoms with Crippen molar-refractivity contribution >= 4 is 5.91 Å². The lowest BCUT2D eigenvalue weighted by atomic mass is 9.87. The SMILES string of the molecule is CCCN1C(NC2CCC2)CC(C(=O)NC[C@H](O)CN2CCc3cc(OCc4ocnc4C)ccc3C2)CC1N1CCOCC1. The van der Waals surface area contributed by atoms with Crippen molar-refractivity contribution in [2.24, 2.45) is 5.92 Å². The average Bonchev–Trinajstić information content (AvgIpc) is 3.45. The van der Waals surface area contributed by atoms with Gasteiger partial charge in [0.1, 0.15) is 12.4 Å². The van der Waals surface area contributed by atoms with Gasteiger partial charge in [0.05, 0.1) is 37.3 Å². The third-order valence-electron chi connectivity index (χ3n) is 10.1. The minimum atomic E-state index is -0.623. The summed E-state index contributed by atoms with van der Waals surface area (Å²) in [6, 6.07) is 6.77. The number of β-amino-alcohol motifs (C(OH)–C–C–N with tert-alkyl or cyclic N) is 1. The Bertz CT molecular complexity index is 1250. The highest BCUT2D eigenvalue weighted by Crippen LogP contribution is 2.32. The Morgan fingerprint density at radius 3 is 2.76 bits per heavy atom. The Kier molecular flexibility index (Phi) is 11.1. The first kappa shape index (κ1) is 32.4. The number of likely N-dealkylation sites (tertiary alicyclic amines) is 1. The van der Waals surface area contributed by atoms with E-state index >= 15 is 0 Å². The average molecular weight is 625 g/mol. The Labute approximate surface area is 267 Å². The molecule has 0 spiro atoms. The van der Waals surface area contributed by atoms with Crippen molar-refractivity contribution in [1.29, 1.82) is 0 Å². The molecule has 1 saturated carbocycles. The van der Waals surface area contributed by atoms with E-state index in [1.807, 2.05) is 13.0 Å². The van der Waals surface area contributed by atoms with Crippen LogP contribution < -0.4 is 15.4 Å². The maximum absolute atomic E-state index is 13.6. The molecule has 1 amide bonds. The van der Waals surface area contributed by atoms with Crippen LogP contribution in [0.4, 0.5) is 0 Å². The molecule has 4 atom stereocenters. The van der Waals surface area contributed by atoms with Gasteiger partial charge in [-0.25, -0.2) is 4.98 Å². The molecular formula is C34H52N6O5. The van der Waals surface area contributed by atoms with E-state index in [9.17, 15) is 9.90 Å². The number of piperidine rings is 1. The largest absolute Gasteiger partial charge is 0.486 e. The Hall–Kier alpha value is -2.54. The molecule has 0 bridgehead atoms. The van der Waals surface area contributed by atoms with E-state index in [-0.39, 0.29) is 30.7 Å². The summed E-state index contributed by atoms with van der Waals surface area (Å²) in [5.41, 5.74) is 3.37. The molecule has 1 aromatic carbocycles.